The van der Waals surface area contributed by atoms with Crippen molar-refractivity contribution < 1.29 is 8.94 Å². The topological polar surface area (TPSA) is 81.3 Å². The minimum absolute atomic E-state index is 0.0685. The molecule has 0 saturated heterocycles. The van der Waals surface area contributed by atoms with E-state index >= 15 is 0 Å². The predicted octanol–water partition coefficient (Wildman–Crippen LogP) is 2.53. The number of hydrogen-bond donors (Lipinski definition) is 1. The molecule has 0 bridgehead atoms. The second-order valence-electron chi connectivity index (χ2n) is 6.07. The number of nitrogens with zero attached hydrogens (tertiary/aromatic N) is 3. The van der Waals surface area contributed by atoms with Crippen molar-refractivity contribution in [1.29, 1.82) is 0 Å². The molecule has 0 aliphatic rings. The van der Waals surface area contributed by atoms with Crippen LogP contribution in [0.25, 0.3) is 11.6 Å². The molecule has 0 aliphatic heterocycles. The SMILES string of the molecule is CCCN(Cc1nc(-c2ccco2)no1)CC(C)(C)CN. The third kappa shape index (κ3) is 4.41. The zero-order valence-corrected chi connectivity index (χ0v) is 13.0. The van der Waals surface area contributed by atoms with E-state index in [1.807, 2.05) is 6.07 Å². The smallest absolute Gasteiger partial charge is 0.241 e. The monoisotopic (exact) mass is 292 g/mol. The molecule has 0 aromatic carbocycles. The van der Waals surface area contributed by atoms with Crippen molar-refractivity contribution in [3.05, 3.63) is 24.3 Å². The highest BCUT2D eigenvalue weighted by Gasteiger charge is 2.22. The summed E-state index contributed by atoms with van der Waals surface area (Å²) in [7, 11) is 0. The van der Waals surface area contributed by atoms with Gasteiger partial charge in [0, 0.05) is 6.54 Å². The molecule has 0 atom stereocenters. The first-order valence-electron chi connectivity index (χ1n) is 7.33. The molecule has 6 heteroatoms. The molecule has 0 fully saturated rings. The summed E-state index contributed by atoms with van der Waals surface area (Å²) in [6, 6.07) is 3.62. The van der Waals surface area contributed by atoms with Crippen LogP contribution in [0.2, 0.25) is 0 Å². The van der Waals surface area contributed by atoms with E-state index in [1.54, 1.807) is 12.3 Å². The Morgan fingerprint density at radius 3 is 2.81 bits per heavy atom. The Hall–Kier alpha value is -1.66. The minimum Gasteiger partial charge on any atom is -0.461 e. The van der Waals surface area contributed by atoms with Crippen molar-refractivity contribution in [3.63, 3.8) is 0 Å². The van der Waals surface area contributed by atoms with E-state index in [9.17, 15) is 0 Å². The lowest BCUT2D eigenvalue weighted by atomic mass is 9.93. The summed E-state index contributed by atoms with van der Waals surface area (Å²) in [5, 5.41) is 3.96. The summed E-state index contributed by atoms with van der Waals surface area (Å²) >= 11 is 0. The Kier molecular flexibility index (Phi) is 5.14. The van der Waals surface area contributed by atoms with Crippen LogP contribution < -0.4 is 5.73 Å². The van der Waals surface area contributed by atoms with Gasteiger partial charge in [0.15, 0.2) is 5.76 Å². The Morgan fingerprint density at radius 2 is 2.19 bits per heavy atom. The highest BCUT2D eigenvalue weighted by atomic mass is 16.5. The average molecular weight is 292 g/mol. The quantitative estimate of drug-likeness (QED) is 0.805. The van der Waals surface area contributed by atoms with E-state index in [-0.39, 0.29) is 5.41 Å². The summed E-state index contributed by atoms with van der Waals surface area (Å²) < 4.78 is 10.6. The van der Waals surface area contributed by atoms with E-state index in [2.05, 4.69) is 35.8 Å². The molecule has 21 heavy (non-hydrogen) atoms. The van der Waals surface area contributed by atoms with Gasteiger partial charge in [-0.3, -0.25) is 4.90 Å². The molecule has 0 radical (unpaired) electrons. The van der Waals surface area contributed by atoms with E-state index < -0.39 is 0 Å². The molecule has 116 valence electrons. The van der Waals surface area contributed by atoms with Gasteiger partial charge in [0.2, 0.25) is 11.7 Å². The Bertz CT molecular complexity index is 534. The second kappa shape index (κ2) is 6.87. The second-order valence-corrected chi connectivity index (χ2v) is 6.07. The van der Waals surface area contributed by atoms with Gasteiger partial charge in [0.05, 0.1) is 12.8 Å². The Morgan fingerprint density at radius 1 is 1.38 bits per heavy atom. The minimum atomic E-state index is 0.0685. The van der Waals surface area contributed by atoms with Crippen molar-refractivity contribution in [2.24, 2.45) is 11.1 Å². The van der Waals surface area contributed by atoms with Gasteiger partial charge in [-0.05, 0) is 37.1 Å². The van der Waals surface area contributed by atoms with Crippen LogP contribution in [0.5, 0.6) is 0 Å². The van der Waals surface area contributed by atoms with Crippen LogP contribution in [-0.4, -0.2) is 34.7 Å². The van der Waals surface area contributed by atoms with Gasteiger partial charge in [-0.1, -0.05) is 25.9 Å². The van der Waals surface area contributed by atoms with Crippen LogP contribution in [0.4, 0.5) is 0 Å². The number of furan rings is 1. The maximum atomic E-state index is 5.82. The van der Waals surface area contributed by atoms with Gasteiger partial charge in [-0.15, -0.1) is 0 Å². The molecule has 0 saturated carbocycles. The highest BCUT2D eigenvalue weighted by Crippen LogP contribution is 2.19. The molecule has 2 aromatic heterocycles. The normalized spacial score (nSPS) is 12.2. The molecule has 6 nitrogen and oxygen atoms in total. The van der Waals surface area contributed by atoms with Gasteiger partial charge >= 0.3 is 0 Å². The maximum absolute atomic E-state index is 5.82. The Labute approximate surface area is 125 Å². The first-order chi connectivity index (χ1) is 10.0. The lowest BCUT2D eigenvalue weighted by Crippen LogP contribution is -2.38. The van der Waals surface area contributed by atoms with E-state index in [0.717, 1.165) is 19.5 Å². The first-order valence-corrected chi connectivity index (χ1v) is 7.33. The lowest BCUT2D eigenvalue weighted by Gasteiger charge is -2.30. The molecule has 2 aromatic rings. The van der Waals surface area contributed by atoms with Crippen LogP contribution in [0.1, 0.15) is 33.1 Å². The van der Waals surface area contributed by atoms with Gasteiger partial charge in [-0.25, -0.2) is 0 Å². The van der Waals surface area contributed by atoms with Crippen molar-refractivity contribution in [1.82, 2.24) is 15.0 Å². The molecule has 0 aliphatic carbocycles. The number of rotatable bonds is 8. The van der Waals surface area contributed by atoms with Gasteiger partial charge in [0.25, 0.3) is 0 Å². The lowest BCUT2D eigenvalue weighted by molar-refractivity contribution is 0.158. The molecule has 2 heterocycles. The van der Waals surface area contributed by atoms with Crippen LogP contribution in [0.3, 0.4) is 0 Å². The van der Waals surface area contributed by atoms with E-state index in [4.69, 9.17) is 14.7 Å². The van der Waals surface area contributed by atoms with Crippen molar-refractivity contribution >= 4 is 0 Å². The standard InChI is InChI=1S/C15H24N4O2/c1-4-7-19(11-15(2,3)10-16)9-13-17-14(18-21-13)12-6-5-8-20-12/h5-6,8H,4,7,9-11,16H2,1-3H3. The molecule has 0 amide bonds. The predicted molar refractivity (Wildman–Crippen MR) is 80.4 cm³/mol. The van der Waals surface area contributed by atoms with Crippen LogP contribution in [0, 0.1) is 5.41 Å². The van der Waals surface area contributed by atoms with Crippen molar-refractivity contribution in [3.8, 4) is 11.6 Å². The van der Waals surface area contributed by atoms with Gasteiger partial charge < -0.3 is 14.7 Å². The van der Waals surface area contributed by atoms with Crippen LogP contribution >= 0.6 is 0 Å². The van der Waals surface area contributed by atoms with Crippen LogP contribution in [0.15, 0.2) is 27.3 Å². The third-order valence-electron chi connectivity index (χ3n) is 3.31. The molecular formula is C15H24N4O2. The highest BCUT2D eigenvalue weighted by molar-refractivity contribution is 5.44. The maximum Gasteiger partial charge on any atom is 0.241 e. The summed E-state index contributed by atoms with van der Waals surface area (Å²) in [5.74, 6) is 1.71. The van der Waals surface area contributed by atoms with E-state index in [0.29, 0.717) is 30.6 Å². The van der Waals surface area contributed by atoms with Gasteiger partial charge in [0.1, 0.15) is 0 Å². The summed E-state index contributed by atoms with van der Waals surface area (Å²) in [6.45, 7) is 9.64. The van der Waals surface area contributed by atoms with E-state index in [1.165, 1.54) is 0 Å². The summed E-state index contributed by atoms with van der Waals surface area (Å²) in [6.07, 6.45) is 2.67. The molecule has 2 N–H and O–H groups in total. The fourth-order valence-corrected chi connectivity index (χ4v) is 2.22. The number of nitrogens with two attached hydrogens (primary N) is 1. The largest absolute Gasteiger partial charge is 0.461 e. The molecular weight excluding hydrogens is 268 g/mol. The zero-order chi connectivity index (χ0) is 15.3. The fourth-order valence-electron chi connectivity index (χ4n) is 2.22. The average Bonchev–Trinajstić information content (AvgIpc) is 3.08. The first kappa shape index (κ1) is 15.7. The summed E-state index contributed by atoms with van der Waals surface area (Å²) in [4.78, 5) is 6.68. The molecule has 0 spiro atoms. The molecule has 2 rings (SSSR count). The van der Waals surface area contributed by atoms with Gasteiger partial charge in [-0.2, -0.15) is 4.98 Å². The Balaban J connectivity index is 2.03. The summed E-state index contributed by atoms with van der Waals surface area (Å²) in [5.41, 5.74) is 5.89. The fraction of sp³-hybridized carbons (Fsp3) is 0.600. The van der Waals surface area contributed by atoms with Crippen molar-refractivity contribution in [2.45, 2.75) is 33.7 Å². The van der Waals surface area contributed by atoms with Crippen molar-refractivity contribution in [2.75, 3.05) is 19.6 Å². The zero-order valence-electron chi connectivity index (χ0n) is 13.0. The molecule has 0 unspecified atom stereocenters. The third-order valence-corrected chi connectivity index (χ3v) is 3.31. The number of hydrogen-bond acceptors (Lipinski definition) is 6. The van der Waals surface area contributed by atoms with Crippen LogP contribution in [-0.2, 0) is 6.54 Å². The number of aromatic nitrogens is 2.